The van der Waals surface area contributed by atoms with Crippen molar-refractivity contribution >= 4 is 7.82 Å². The highest BCUT2D eigenvalue weighted by Gasteiger charge is 2.50. The van der Waals surface area contributed by atoms with Crippen molar-refractivity contribution in [3.63, 3.8) is 0 Å². The van der Waals surface area contributed by atoms with E-state index in [0.29, 0.717) is 11.1 Å². The SMILES string of the molecule is Cc1ccc2c(c1)COP(=O)(OC(O)(O)C1CCC(n3cc(C)c(=O)[nH]c3=O)O1)O2. The molecule has 1 saturated heterocycles. The lowest BCUT2D eigenvalue weighted by Crippen LogP contribution is -2.45. The minimum atomic E-state index is -4.35. The molecule has 3 N–H and O–H groups in total. The highest BCUT2D eigenvalue weighted by molar-refractivity contribution is 7.49. The summed E-state index contributed by atoms with van der Waals surface area (Å²) in [5, 5.41) is 20.8. The Labute approximate surface area is 170 Å². The lowest BCUT2D eigenvalue weighted by atomic mass is 10.1. The Bertz CT molecular complexity index is 1140. The van der Waals surface area contributed by atoms with Crippen molar-refractivity contribution in [3.05, 3.63) is 61.9 Å². The van der Waals surface area contributed by atoms with Crippen LogP contribution >= 0.6 is 7.82 Å². The molecule has 1 aromatic heterocycles. The van der Waals surface area contributed by atoms with Gasteiger partial charge in [0.1, 0.15) is 18.1 Å². The minimum absolute atomic E-state index is 0.0675. The fourth-order valence-corrected chi connectivity index (χ4v) is 4.68. The zero-order valence-corrected chi connectivity index (χ0v) is 17.1. The molecule has 0 bridgehead atoms. The highest BCUT2D eigenvalue weighted by Crippen LogP contribution is 2.57. The molecule has 3 unspecified atom stereocenters. The highest BCUT2D eigenvalue weighted by atomic mass is 31.2. The quantitative estimate of drug-likeness (QED) is 0.471. The van der Waals surface area contributed by atoms with E-state index in [1.165, 1.54) is 13.1 Å². The van der Waals surface area contributed by atoms with Crippen molar-refractivity contribution < 1.29 is 33.1 Å². The average Bonchev–Trinajstić information content (AvgIpc) is 3.15. The fraction of sp³-hybridized carbons (Fsp3) is 0.444. The van der Waals surface area contributed by atoms with Crippen molar-refractivity contribution in [1.82, 2.24) is 9.55 Å². The maximum atomic E-state index is 12.8. The van der Waals surface area contributed by atoms with Crippen molar-refractivity contribution in [2.45, 2.75) is 51.6 Å². The molecule has 0 aliphatic carbocycles. The zero-order chi connectivity index (χ0) is 21.7. The summed E-state index contributed by atoms with van der Waals surface area (Å²) in [5.74, 6) is -2.75. The summed E-state index contributed by atoms with van der Waals surface area (Å²) >= 11 is 0. The Hall–Kier alpha value is -2.27. The van der Waals surface area contributed by atoms with Gasteiger partial charge in [0.25, 0.3) is 5.56 Å². The summed E-state index contributed by atoms with van der Waals surface area (Å²) in [5.41, 5.74) is 0.678. The van der Waals surface area contributed by atoms with Crippen molar-refractivity contribution in [1.29, 1.82) is 0 Å². The molecule has 0 amide bonds. The van der Waals surface area contributed by atoms with Gasteiger partial charge < -0.3 is 19.5 Å². The van der Waals surface area contributed by atoms with Crippen LogP contribution in [0.25, 0.3) is 0 Å². The van der Waals surface area contributed by atoms with Gasteiger partial charge in [0, 0.05) is 17.3 Å². The topological polar surface area (TPSA) is 149 Å². The van der Waals surface area contributed by atoms with Crippen LogP contribution in [0.4, 0.5) is 0 Å². The molecule has 2 aliphatic rings. The van der Waals surface area contributed by atoms with Crippen LogP contribution in [0.3, 0.4) is 0 Å². The lowest BCUT2D eigenvalue weighted by molar-refractivity contribution is -0.349. The number of benzene rings is 1. The van der Waals surface area contributed by atoms with Crippen molar-refractivity contribution in [2.75, 3.05) is 0 Å². The van der Waals surface area contributed by atoms with E-state index in [1.54, 1.807) is 18.2 Å². The van der Waals surface area contributed by atoms with Gasteiger partial charge in [-0.05, 0) is 32.8 Å². The molecule has 2 aliphatic heterocycles. The first-order valence-electron chi connectivity index (χ1n) is 9.23. The number of aryl methyl sites for hydroxylation is 2. The number of nitrogens with one attached hydrogen (secondary N) is 1. The number of phosphoric ester groups is 1. The molecule has 0 radical (unpaired) electrons. The molecule has 11 nitrogen and oxygen atoms in total. The second kappa shape index (κ2) is 7.45. The summed E-state index contributed by atoms with van der Waals surface area (Å²) in [7, 11) is -4.35. The first-order chi connectivity index (χ1) is 14.1. The van der Waals surface area contributed by atoms with Gasteiger partial charge in [-0.15, -0.1) is 0 Å². The molecule has 12 heteroatoms. The van der Waals surface area contributed by atoms with Gasteiger partial charge in [0.2, 0.25) is 0 Å². The molecule has 2 aromatic rings. The first kappa shape index (κ1) is 21.0. The normalized spacial score (nSPS) is 26.3. The van der Waals surface area contributed by atoms with Crippen LogP contribution in [-0.4, -0.2) is 31.8 Å². The van der Waals surface area contributed by atoms with Gasteiger partial charge in [-0.2, -0.15) is 0 Å². The number of aliphatic hydroxyl groups is 2. The molecule has 162 valence electrons. The Kier molecular flexibility index (Phi) is 5.21. The maximum absolute atomic E-state index is 12.8. The first-order valence-corrected chi connectivity index (χ1v) is 10.7. The van der Waals surface area contributed by atoms with Gasteiger partial charge in [-0.3, -0.25) is 18.9 Å². The standard InChI is InChI=1S/C18H21N2O9P/c1-10-3-4-13-12(7-10)9-26-30(25,28-13)29-18(23,24)14-5-6-15(27-14)20-8-11(2)16(21)19-17(20)22/h3-4,7-8,14-15,23-24H,5-6,9H2,1-2H3,(H,19,21,22). The van der Waals surface area contributed by atoms with E-state index in [9.17, 15) is 24.4 Å². The van der Waals surface area contributed by atoms with Gasteiger partial charge in [-0.25, -0.2) is 13.9 Å². The number of hydrogen-bond donors (Lipinski definition) is 3. The Morgan fingerprint density at radius 2 is 2.03 bits per heavy atom. The Morgan fingerprint density at radius 1 is 1.27 bits per heavy atom. The number of aromatic nitrogens is 2. The van der Waals surface area contributed by atoms with Gasteiger partial charge in [-0.1, -0.05) is 17.7 Å². The van der Waals surface area contributed by atoms with Crippen LogP contribution in [0.1, 0.15) is 35.8 Å². The van der Waals surface area contributed by atoms with E-state index in [4.69, 9.17) is 18.3 Å². The Balaban J connectivity index is 1.49. The second-order valence-corrected chi connectivity index (χ2v) is 8.83. The van der Waals surface area contributed by atoms with E-state index in [2.05, 4.69) is 4.98 Å². The average molecular weight is 440 g/mol. The molecular weight excluding hydrogens is 419 g/mol. The predicted octanol–water partition coefficient (Wildman–Crippen LogP) is 1.20. The maximum Gasteiger partial charge on any atom is 0.534 e. The second-order valence-electron chi connectivity index (χ2n) is 7.31. The van der Waals surface area contributed by atoms with Crippen LogP contribution in [-0.2, 0) is 25.0 Å². The molecule has 0 spiro atoms. The molecule has 1 fully saturated rings. The van der Waals surface area contributed by atoms with E-state index in [1.807, 2.05) is 6.92 Å². The number of rotatable bonds is 4. The summed E-state index contributed by atoms with van der Waals surface area (Å²) in [6, 6.07) is 5.12. The third-order valence-electron chi connectivity index (χ3n) is 4.92. The molecule has 3 heterocycles. The Morgan fingerprint density at radius 3 is 2.80 bits per heavy atom. The van der Waals surface area contributed by atoms with Crippen LogP contribution < -0.4 is 15.8 Å². The monoisotopic (exact) mass is 440 g/mol. The molecule has 4 rings (SSSR count). The van der Waals surface area contributed by atoms with Crippen LogP contribution in [0, 0.1) is 13.8 Å². The zero-order valence-electron chi connectivity index (χ0n) is 16.2. The van der Waals surface area contributed by atoms with Crippen molar-refractivity contribution in [2.24, 2.45) is 0 Å². The molecule has 30 heavy (non-hydrogen) atoms. The summed E-state index contributed by atoms with van der Waals surface area (Å²) in [4.78, 5) is 25.7. The number of hydrogen-bond acceptors (Lipinski definition) is 9. The number of H-pyrrole nitrogens is 1. The molecule has 3 atom stereocenters. The third-order valence-corrected chi connectivity index (χ3v) is 6.28. The van der Waals surface area contributed by atoms with E-state index >= 15 is 0 Å². The largest absolute Gasteiger partial charge is 0.534 e. The van der Waals surface area contributed by atoms with Crippen LogP contribution in [0.15, 0.2) is 34.0 Å². The molecule has 1 aromatic carbocycles. The number of fused-ring (bicyclic) bond motifs is 1. The fourth-order valence-electron chi connectivity index (χ4n) is 3.37. The van der Waals surface area contributed by atoms with E-state index in [0.717, 1.165) is 10.1 Å². The van der Waals surface area contributed by atoms with Crippen LogP contribution in [0.5, 0.6) is 5.75 Å². The van der Waals surface area contributed by atoms with Gasteiger partial charge in [0.05, 0.1) is 6.61 Å². The number of phosphoric acid groups is 1. The predicted molar refractivity (Wildman–Crippen MR) is 102 cm³/mol. The third kappa shape index (κ3) is 4.00. The number of aromatic amines is 1. The smallest absolute Gasteiger partial charge is 0.404 e. The van der Waals surface area contributed by atoms with E-state index < -0.39 is 37.4 Å². The van der Waals surface area contributed by atoms with Crippen LogP contribution in [0.2, 0.25) is 0 Å². The van der Waals surface area contributed by atoms with E-state index in [-0.39, 0.29) is 25.2 Å². The number of nitrogens with zero attached hydrogens (tertiary/aromatic N) is 1. The van der Waals surface area contributed by atoms with Crippen molar-refractivity contribution in [3.8, 4) is 5.75 Å². The summed E-state index contributed by atoms with van der Waals surface area (Å²) in [6.07, 6.45) is -0.619. The number of ether oxygens (including phenoxy) is 1. The van der Waals surface area contributed by atoms with Gasteiger partial charge in [0.15, 0.2) is 0 Å². The van der Waals surface area contributed by atoms with Gasteiger partial charge >= 0.3 is 19.5 Å². The molecule has 0 saturated carbocycles. The summed E-state index contributed by atoms with van der Waals surface area (Å²) < 4.78 is 34.8. The minimum Gasteiger partial charge on any atom is -0.404 e. The lowest BCUT2D eigenvalue weighted by Gasteiger charge is -2.32. The summed E-state index contributed by atoms with van der Waals surface area (Å²) in [6.45, 7) is 3.31. The molecular formula is C18H21N2O9P.